The van der Waals surface area contributed by atoms with E-state index in [9.17, 15) is 0 Å². The molecular weight excluding hydrogens is 427 g/mol. The molecular formula is C32H29BO2. The summed E-state index contributed by atoms with van der Waals surface area (Å²) in [5.41, 5.74) is 5.18. The van der Waals surface area contributed by atoms with Crippen LogP contribution in [-0.4, -0.2) is 18.3 Å². The zero-order valence-corrected chi connectivity index (χ0v) is 20.7. The third kappa shape index (κ3) is 3.95. The zero-order chi connectivity index (χ0) is 24.2. The van der Waals surface area contributed by atoms with Crippen LogP contribution >= 0.6 is 0 Å². The SMILES string of the molecule is CC1(C)OB(c2cccc(-c3ccc4cc(-c5ccc6ccccc6c5)ccc4c3)c2)OC1(C)C. The Kier molecular flexibility index (Phi) is 5.10. The average Bonchev–Trinajstić information content (AvgIpc) is 3.09. The third-order valence-electron chi connectivity index (χ3n) is 7.67. The van der Waals surface area contributed by atoms with Crippen LogP contribution in [0.4, 0.5) is 0 Å². The topological polar surface area (TPSA) is 18.5 Å². The highest BCUT2D eigenvalue weighted by atomic mass is 16.7. The Morgan fingerprint density at radius 1 is 0.457 bits per heavy atom. The molecule has 3 heteroatoms. The third-order valence-corrected chi connectivity index (χ3v) is 7.67. The summed E-state index contributed by atoms with van der Waals surface area (Å²) in [4.78, 5) is 0. The van der Waals surface area contributed by atoms with Crippen LogP contribution in [0, 0.1) is 0 Å². The smallest absolute Gasteiger partial charge is 0.399 e. The molecule has 5 aromatic rings. The van der Waals surface area contributed by atoms with Crippen LogP contribution in [0.1, 0.15) is 27.7 Å². The quantitative estimate of drug-likeness (QED) is 0.260. The second-order valence-electron chi connectivity index (χ2n) is 10.6. The second kappa shape index (κ2) is 8.08. The van der Waals surface area contributed by atoms with Crippen molar-refractivity contribution in [2.75, 3.05) is 0 Å². The van der Waals surface area contributed by atoms with Gasteiger partial charge in [0.25, 0.3) is 0 Å². The highest BCUT2D eigenvalue weighted by Gasteiger charge is 2.51. The fourth-order valence-corrected chi connectivity index (χ4v) is 4.82. The van der Waals surface area contributed by atoms with E-state index < -0.39 is 0 Å². The zero-order valence-electron chi connectivity index (χ0n) is 20.7. The molecule has 1 saturated heterocycles. The van der Waals surface area contributed by atoms with Gasteiger partial charge in [0.1, 0.15) is 0 Å². The lowest BCUT2D eigenvalue weighted by atomic mass is 9.78. The van der Waals surface area contributed by atoms with E-state index in [2.05, 4.69) is 131 Å². The molecule has 0 bridgehead atoms. The number of rotatable bonds is 3. The van der Waals surface area contributed by atoms with Gasteiger partial charge in [0.15, 0.2) is 0 Å². The fraction of sp³-hybridized carbons (Fsp3) is 0.188. The Balaban J connectivity index is 1.32. The van der Waals surface area contributed by atoms with Crippen LogP contribution in [-0.2, 0) is 9.31 Å². The first-order chi connectivity index (χ1) is 16.8. The normalized spacial score (nSPS) is 16.7. The maximum Gasteiger partial charge on any atom is 0.494 e. The molecule has 2 nitrogen and oxygen atoms in total. The van der Waals surface area contributed by atoms with Gasteiger partial charge in [-0.2, -0.15) is 0 Å². The Morgan fingerprint density at radius 2 is 0.914 bits per heavy atom. The summed E-state index contributed by atoms with van der Waals surface area (Å²) in [6.07, 6.45) is 0. The summed E-state index contributed by atoms with van der Waals surface area (Å²) in [6, 6.07) is 37.1. The van der Waals surface area contributed by atoms with Crippen molar-refractivity contribution in [1.29, 1.82) is 0 Å². The summed E-state index contributed by atoms with van der Waals surface area (Å²) < 4.78 is 12.5. The predicted molar refractivity (Wildman–Crippen MR) is 148 cm³/mol. The number of benzene rings is 5. The van der Waals surface area contributed by atoms with Gasteiger partial charge in [-0.25, -0.2) is 0 Å². The molecule has 0 aromatic heterocycles. The van der Waals surface area contributed by atoms with Crippen LogP contribution in [0.3, 0.4) is 0 Å². The lowest BCUT2D eigenvalue weighted by molar-refractivity contribution is 0.00578. The van der Waals surface area contributed by atoms with Gasteiger partial charge >= 0.3 is 7.12 Å². The minimum atomic E-state index is -0.357. The average molecular weight is 456 g/mol. The van der Waals surface area contributed by atoms with E-state index >= 15 is 0 Å². The van der Waals surface area contributed by atoms with Gasteiger partial charge < -0.3 is 9.31 Å². The van der Waals surface area contributed by atoms with Crippen LogP contribution < -0.4 is 5.46 Å². The van der Waals surface area contributed by atoms with Crippen molar-refractivity contribution in [2.45, 2.75) is 38.9 Å². The maximum atomic E-state index is 6.27. The summed E-state index contributed by atoms with van der Waals surface area (Å²) in [7, 11) is -0.357. The van der Waals surface area contributed by atoms with E-state index in [1.165, 1.54) is 38.2 Å². The lowest BCUT2D eigenvalue weighted by Gasteiger charge is -2.32. The van der Waals surface area contributed by atoms with Crippen molar-refractivity contribution >= 4 is 34.1 Å². The Hall–Kier alpha value is -3.40. The molecule has 6 rings (SSSR count). The largest absolute Gasteiger partial charge is 0.494 e. The van der Waals surface area contributed by atoms with Gasteiger partial charge in [0, 0.05) is 0 Å². The van der Waals surface area contributed by atoms with Gasteiger partial charge in [-0.1, -0.05) is 84.9 Å². The molecule has 35 heavy (non-hydrogen) atoms. The van der Waals surface area contributed by atoms with Crippen molar-refractivity contribution in [3.8, 4) is 22.3 Å². The molecule has 1 heterocycles. The Labute approximate surface area is 207 Å². The Bertz CT molecular complexity index is 1550. The molecule has 1 aliphatic rings. The van der Waals surface area contributed by atoms with Crippen LogP contribution in [0.25, 0.3) is 43.8 Å². The maximum absolute atomic E-state index is 6.27. The van der Waals surface area contributed by atoms with Crippen molar-refractivity contribution in [3.05, 3.63) is 103 Å². The van der Waals surface area contributed by atoms with Gasteiger partial charge in [0.2, 0.25) is 0 Å². The molecule has 172 valence electrons. The van der Waals surface area contributed by atoms with E-state index in [-0.39, 0.29) is 18.3 Å². The molecule has 0 saturated carbocycles. The van der Waals surface area contributed by atoms with E-state index in [1.807, 2.05) is 0 Å². The highest BCUT2D eigenvalue weighted by molar-refractivity contribution is 6.62. The Morgan fingerprint density at radius 3 is 1.49 bits per heavy atom. The molecule has 0 atom stereocenters. The fourth-order valence-electron chi connectivity index (χ4n) is 4.82. The first-order valence-electron chi connectivity index (χ1n) is 12.3. The standard InChI is InChI=1S/C32H29BO2/c1-31(2)32(3,4)35-33(34-31)30-11-7-10-24(21-30)25-14-15-29-20-28(17-16-27(29)19-25)26-13-12-22-8-5-6-9-23(22)18-26/h5-21H,1-4H3. The van der Waals surface area contributed by atoms with Gasteiger partial charge in [-0.05, 0) is 95.2 Å². The lowest BCUT2D eigenvalue weighted by Crippen LogP contribution is -2.41. The highest BCUT2D eigenvalue weighted by Crippen LogP contribution is 2.37. The van der Waals surface area contributed by atoms with Gasteiger partial charge in [0.05, 0.1) is 11.2 Å². The summed E-state index contributed by atoms with van der Waals surface area (Å²) in [6.45, 7) is 8.36. The molecule has 0 N–H and O–H groups in total. The molecule has 0 amide bonds. The first kappa shape index (κ1) is 22.1. The monoisotopic (exact) mass is 456 g/mol. The molecule has 0 spiro atoms. The van der Waals surface area contributed by atoms with Gasteiger partial charge in [-0.15, -0.1) is 0 Å². The van der Waals surface area contributed by atoms with E-state index in [4.69, 9.17) is 9.31 Å². The summed E-state index contributed by atoms with van der Waals surface area (Å²) >= 11 is 0. The number of fused-ring (bicyclic) bond motifs is 2. The van der Waals surface area contributed by atoms with E-state index in [0.29, 0.717) is 0 Å². The van der Waals surface area contributed by atoms with E-state index in [1.54, 1.807) is 0 Å². The molecule has 1 fully saturated rings. The number of hydrogen-bond donors (Lipinski definition) is 0. The number of hydrogen-bond acceptors (Lipinski definition) is 2. The molecule has 1 aliphatic heterocycles. The molecule has 0 aliphatic carbocycles. The van der Waals surface area contributed by atoms with Crippen molar-refractivity contribution < 1.29 is 9.31 Å². The first-order valence-corrected chi connectivity index (χ1v) is 12.3. The molecule has 5 aromatic carbocycles. The van der Waals surface area contributed by atoms with Crippen LogP contribution in [0.2, 0.25) is 0 Å². The van der Waals surface area contributed by atoms with Crippen molar-refractivity contribution in [1.82, 2.24) is 0 Å². The van der Waals surface area contributed by atoms with Crippen molar-refractivity contribution in [3.63, 3.8) is 0 Å². The molecule has 0 unspecified atom stereocenters. The van der Waals surface area contributed by atoms with E-state index in [0.717, 1.165) is 11.0 Å². The molecule has 0 radical (unpaired) electrons. The van der Waals surface area contributed by atoms with Crippen molar-refractivity contribution in [2.24, 2.45) is 0 Å². The van der Waals surface area contributed by atoms with Crippen LogP contribution in [0.15, 0.2) is 103 Å². The summed E-state index contributed by atoms with van der Waals surface area (Å²) in [5.74, 6) is 0. The van der Waals surface area contributed by atoms with Crippen LogP contribution in [0.5, 0.6) is 0 Å². The minimum Gasteiger partial charge on any atom is -0.399 e. The second-order valence-corrected chi connectivity index (χ2v) is 10.6. The minimum absolute atomic E-state index is 0.348. The summed E-state index contributed by atoms with van der Waals surface area (Å²) in [5, 5.41) is 5.00. The van der Waals surface area contributed by atoms with Gasteiger partial charge in [-0.3, -0.25) is 0 Å². The predicted octanol–water partition coefficient (Wildman–Crippen LogP) is 7.63.